The lowest BCUT2D eigenvalue weighted by molar-refractivity contribution is -0.116. The predicted molar refractivity (Wildman–Crippen MR) is 143 cm³/mol. The summed E-state index contributed by atoms with van der Waals surface area (Å²) in [5, 5.41) is 15.9. The number of nitrogens with zero attached hydrogens (tertiary/aromatic N) is 2. The number of anilines is 1. The van der Waals surface area contributed by atoms with Gasteiger partial charge in [0.25, 0.3) is 0 Å². The molecule has 9 heteroatoms. The minimum atomic E-state index is -0.983. The van der Waals surface area contributed by atoms with Gasteiger partial charge in [-0.3, -0.25) is 9.78 Å². The SMILES string of the molecule is Cc1cc(C(=O)O)ccc1-c1ccc([C@H]2[C@@H](c3ccccn3)NC(=S)N2CC(=O)Nc2ccccc2)o1. The van der Waals surface area contributed by atoms with E-state index in [4.69, 9.17) is 16.6 Å². The van der Waals surface area contributed by atoms with E-state index < -0.39 is 12.0 Å². The average Bonchev–Trinajstić information content (AvgIpc) is 3.49. The number of aromatic carboxylic acids is 1. The number of benzene rings is 2. The van der Waals surface area contributed by atoms with Crippen molar-refractivity contribution in [1.82, 2.24) is 15.2 Å². The molecule has 186 valence electrons. The standard InChI is InChI=1S/C28H24N4O4S/c1-17-15-18(27(34)35)10-11-20(17)22-12-13-23(36-22)26-25(21-9-5-6-14-29-21)31-28(37)32(26)16-24(33)30-19-7-3-2-4-8-19/h2-15,25-26H,16H2,1H3,(H,30,33)(H,31,37)(H,34,35)/t25-,26+/m1/s1. The van der Waals surface area contributed by atoms with E-state index in [1.165, 1.54) is 0 Å². The number of thiocarbonyl (C=S) groups is 1. The Morgan fingerprint density at radius 3 is 2.57 bits per heavy atom. The van der Waals surface area contributed by atoms with Gasteiger partial charge in [-0.05, 0) is 73.2 Å². The maximum Gasteiger partial charge on any atom is 0.335 e. The molecule has 1 amide bonds. The first-order chi connectivity index (χ1) is 17.9. The summed E-state index contributed by atoms with van der Waals surface area (Å²) in [5.74, 6) is -0.000190. The Balaban J connectivity index is 1.47. The molecule has 2 aromatic heterocycles. The Hall–Kier alpha value is -4.50. The van der Waals surface area contributed by atoms with E-state index in [-0.39, 0.29) is 24.1 Å². The number of carbonyl (C=O) groups is 2. The van der Waals surface area contributed by atoms with Gasteiger partial charge in [-0.2, -0.15) is 0 Å². The number of para-hydroxylation sites is 1. The number of rotatable bonds is 7. The Morgan fingerprint density at radius 1 is 1.08 bits per heavy atom. The zero-order valence-electron chi connectivity index (χ0n) is 19.9. The minimum absolute atomic E-state index is 0.0110. The van der Waals surface area contributed by atoms with Gasteiger partial charge in [-0.25, -0.2) is 4.79 Å². The largest absolute Gasteiger partial charge is 0.478 e. The molecule has 0 unspecified atom stereocenters. The number of furan rings is 1. The molecule has 0 saturated carbocycles. The molecule has 37 heavy (non-hydrogen) atoms. The smallest absolute Gasteiger partial charge is 0.335 e. The highest BCUT2D eigenvalue weighted by Gasteiger charge is 2.42. The number of amides is 1. The van der Waals surface area contributed by atoms with Gasteiger partial charge in [0.1, 0.15) is 24.1 Å². The molecular weight excluding hydrogens is 488 g/mol. The molecule has 4 aromatic rings. The fraction of sp³-hybridized carbons (Fsp3) is 0.143. The molecule has 0 aliphatic carbocycles. The van der Waals surface area contributed by atoms with Crippen molar-refractivity contribution >= 4 is 34.9 Å². The van der Waals surface area contributed by atoms with Crippen molar-refractivity contribution in [3.05, 3.63) is 108 Å². The van der Waals surface area contributed by atoms with Gasteiger partial charge in [-0.1, -0.05) is 30.3 Å². The maximum absolute atomic E-state index is 13.0. The van der Waals surface area contributed by atoms with Gasteiger partial charge in [0.15, 0.2) is 5.11 Å². The van der Waals surface area contributed by atoms with Crippen LogP contribution < -0.4 is 10.6 Å². The first-order valence-corrected chi connectivity index (χ1v) is 12.1. The van der Waals surface area contributed by atoms with Gasteiger partial charge in [0.2, 0.25) is 5.91 Å². The van der Waals surface area contributed by atoms with E-state index in [1.54, 1.807) is 29.3 Å². The molecule has 0 spiro atoms. The normalized spacial score (nSPS) is 16.9. The number of carboxylic acids is 1. The molecule has 1 fully saturated rings. The third-order valence-corrected chi connectivity index (χ3v) is 6.58. The summed E-state index contributed by atoms with van der Waals surface area (Å²) in [6.45, 7) is 1.85. The van der Waals surface area contributed by atoms with Crippen LogP contribution in [-0.2, 0) is 4.79 Å². The fourth-order valence-corrected chi connectivity index (χ4v) is 4.80. The summed E-state index contributed by atoms with van der Waals surface area (Å²) in [7, 11) is 0. The van der Waals surface area contributed by atoms with Crippen LogP contribution in [0.5, 0.6) is 0 Å². The van der Waals surface area contributed by atoms with Crippen molar-refractivity contribution < 1.29 is 19.1 Å². The van der Waals surface area contributed by atoms with Gasteiger partial charge in [-0.15, -0.1) is 0 Å². The summed E-state index contributed by atoms with van der Waals surface area (Å²) in [6.07, 6.45) is 1.71. The van der Waals surface area contributed by atoms with E-state index >= 15 is 0 Å². The second-order valence-corrected chi connectivity index (χ2v) is 9.09. The Labute approximate surface area is 219 Å². The lowest BCUT2D eigenvalue weighted by Gasteiger charge is -2.25. The van der Waals surface area contributed by atoms with Crippen LogP contribution in [0.3, 0.4) is 0 Å². The number of hydrogen-bond donors (Lipinski definition) is 3. The van der Waals surface area contributed by atoms with Crippen molar-refractivity contribution in [1.29, 1.82) is 0 Å². The number of aromatic nitrogens is 1. The fourth-order valence-electron chi connectivity index (χ4n) is 4.49. The highest BCUT2D eigenvalue weighted by atomic mass is 32.1. The molecule has 1 aliphatic rings. The van der Waals surface area contributed by atoms with Crippen molar-refractivity contribution in [3.63, 3.8) is 0 Å². The molecule has 8 nitrogen and oxygen atoms in total. The number of pyridine rings is 1. The number of nitrogens with one attached hydrogen (secondary N) is 2. The van der Waals surface area contributed by atoms with Crippen LogP contribution in [0.25, 0.3) is 11.3 Å². The van der Waals surface area contributed by atoms with Crippen LogP contribution in [-0.4, -0.2) is 38.5 Å². The number of carbonyl (C=O) groups excluding carboxylic acids is 1. The molecule has 0 bridgehead atoms. The summed E-state index contributed by atoms with van der Waals surface area (Å²) in [4.78, 5) is 30.6. The lowest BCUT2D eigenvalue weighted by Crippen LogP contribution is -2.36. The van der Waals surface area contributed by atoms with Crippen molar-refractivity contribution in [2.45, 2.75) is 19.0 Å². The predicted octanol–water partition coefficient (Wildman–Crippen LogP) is 4.96. The van der Waals surface area contributed by atoms with Crippen LogP contribution in [0.4, 0.5) is 5.69 Å². The topological polar surface area (TPSA) is 108 Å². The van der Waals surface area contributed by atoms with E-state index in [0.29, 0.717) is 22.3 Å². The van der Waals surface area contributed by atoms with E-state index in [0.717, 1.165) is 16.8 Å². The molecular formula is C28H24N4O4S. The summed E-state index contributed by atoms with van der Waals surface area (Å²) in [5.41, 5.74) is 3.24. The first kappa shape index (κ1) is 24.2. The Bertz CT molecular complexity index is 1460. The summed E-state index contributed by atoms with van der Waals surface area (Å²) in [6, 6.07) is 22.7. The molecule has 5 rings (SSSR count). The quantitative estimate of drug-likeness (QED) is 0.298. The maximum atomic E-state index is 13.0. The van der Waals surface area contributed by atoms with Crippen LogP contribution in [0, 0.1) is 6.92 Å². The third kappa shape index (κ3) is 5.07. The van der Waals surface area contributed by atoms with Crippen LogP contribution >= 0.6 is 12.2 Å². The van der Waals surface area contributed by atoms with Gasteiger partial charge in [0, 0.05) is 17.4 Å². The highest BCUT2D eigenvalue weighted by molar-refractivity contribution is 7.80. The van der Waals surface area contributed by atoms with Crippen molar-refractivity contribution in [2.75, 3.05) is 11.9 Å². The first-order valence-electron chi connectivity index (χ1n) is 11.7. The van der Waals surface area contributed by atoms with Gasteiger partial charge >= 0.3 is 5.97 Å². The minimum Gasteiger partial charge on any atom is -0.478 e. The number of hydrogen-bond acceptors (Lipinski definition) is 5. The highest BCUT2D eigenvalue weighted by Crippen LogP contribution is 2.40. The molecule has 0 radical (unpaired) electrons. The van der Waals surface area contributed by atoms with Crippen LogP contribution in [0.2, 0.25) is 0 Å². The Morgan fingerprint density at radius 2 is 1.86 bits per heavy atom. The Kier molecular flexibility index (Phi) is 6.70. The van der Waals surface area contributed by atoms with E-state index in [2.05, 4.69) is 15.6 Å². The van der Waals surface area contributed by atoms with Crippen molar-refractivity contribution in [2.24, 2.45) is 0 Å². The van der Waals surface area contributed by atoms with Crippen molar-refractivity contribution in [3.8, 4) is 11.3 Å². The summed E-state index contributed by atoms with van der Waals surface area (Å²) < 4.78 is 6.32. The van der Waals surface area contributed by atoms with Crippen LogP contribution in [0.15, 0.2) is 89.5 Å². The molecule has 3 N–H and O–H groups in total. The lowest BCUT2D eigenvalue weighted by atomic mass is 10.0. The zero-order chi connectivity index (χ0) is 25.9. The van der Waals surface area contributed by atoms with Gasteiger partial charge < -0.3 is 25.1 Å². The zero-order valence-corrected chi connectivity index (χ0v) is 20.7. The third-order valence-electron chi connectivity index (χ3n) is 6.23. The molecule has 1 saturated heterocycles. The average molecular weight is 513 g/mol. The number of carboxylic acid groups (broad SMARTS) is 1. The molecule has 3 heterocycles. The molecule has 2 atom stereocenters. The monoisotopic (exact) mass is 512 g/mol. The second-order valence-electron chi connectivity index (χ2n) is 8.71. The van der Waals surface area contributed by atoms with E-state index in [9.17, 15) is 14.7 Å². The van der Waals surface area contributed by atoms with Crippen LogP contribution in [0.1, 0.15) is 39.5 Å². The summed E-state index contributed by atoms with van der Waals surface area (Å²) >= 11 is 5.65. The van der Waals surface area contributed by atoms with E-state index in [1.807, 2.05) is 67.6 Å². The number of aryl methyl sites for hydroxylation is 1. The molecule has 2 aromatic carbocycles. The second kappa shape index (κ2) is 10.2. The molecule has 1 aliphatic heterocycles. The van der Waals surface area contributed by atoms with Gasteiger partial charge in [0.05, 0.1) is 17.3 Å².